The third-order valence-electron chi connectivity index (χ3n) is 4.46. The van der Waals surface area contributed by atoms with Crippen LogP contribution in [0.15, 0.2) is 41.4 Å². The van der Waals surface area contributed by atoms with Crippen LogP contribution >= 0.6 is 11.6 Å². The number of fused-ring (bicyclic) bond motifs is 2. The van der Waals surface area contributed by atoms with Crippen LogP contribution in [0.4, 0.5) is 30.2 Å². The number of hydrogen-bond donors (Lipinski definition) is 2. The SMILES string of the molecule is FC(F)(F)c1ccc2c(c1)N=C(N1CCNCC1)c1cc(Cl)ccc1N2. The first-order chi connectivity index (χ1) is 12.4. The molecule has 2 N–H and O–H groups in total. The van der Waals surface area contributed by atoms with Crippen LogP contribution in [-0.4, -0.2) is 36.9 Å². The summed E-state index contributed by atoms with van der Waals surface area (Å²) in [7, 11) is 0. The van der Waals surface area contributed by atoms with Crippen LogP contribution in [0.3, 0.4) is 0 Å². The van der Waals surface area contributed by atoms with Gasteiger partial charge in [0.25, 0.3) is 0 Å². The van der Waals surface area contributed by atoms with E-state index in [-0.39, 0.29) is 5.69 Å². The lowest BCUT2D eigenvalue weighted by molar-refractivity contribution is -0.137. The number of nitrogens with one attached hydrogen (secondary N) is 2. The molecule has 0 unspecified atom stereocenters. The molecule has 0 aliphatic carbocycles. The molecule has 136 valence electrons. The fraction of sp³-hybridized carbons (Fsp3) is 0.278. The lowest BCUT2D eigenvalue weighted by atomic mass is 10.1. The Balaban J connectivity index is 1.88. The van der Waals surface area contributed by atoms with Crippen LogP contribution in [0.1, 0.15) is 11.1 Å². The maximum absolute atomic E-state index is 13.1. The van der Waals surface area contributed by atoms with Gasteiger partial charge in [-0.1, -0.05) is 11.6 Å². The van der Waals surface area contributed by atoms with Gasteiger partial charge in [0.15, 0.2) is 0 Å². The number of rotatable bonds is 0. The number of hydrogen-bond acceptors (Lipinski definition) is 4. The molecule has 0 bridgehead atoms. The number of amidine groups is 1. The first kappa shape index (κ1) is 17.2. The fourth-order valence-corrected chi connectivity index (χ4v) is 3.33. The number of piperazine rings is 1. The third kappa shape index (κ3) is 3.24. The molecular weight excluding hydrogens is 365 g/mol. The molecule has 4 nitrogen and oxygen atoms in total. The van der Waals surface area contributed by atoms with Gasteiger partial charge in [-0.15, -0.1) is 0 Å². The first-order valence-corrected chi connectivity index (χ1v) is 8.62. The van der Waals surface area contributed by atoms with E-state index in [0.29, 0.717) is 16.5 Å². The Morgan fingerprint density at radius 3 is 2.46 bits per heavy atom. The third-order valence-corrected chi connectivity index (χ3v) is 4.69. The molecule has 0 saturated carbocycles. The number of alkyl halides is 3. The zero-order valence-electron chi connectivity index (χ0n) is 13.7. The summed E-state index contributed by atoms with van der Waals surface area (Å²) in [5.41, 5.74) is 1.63. The lowest BCUT2D eigenvalue weighted by Gasteiger charge is -2.30. The predicted octanol–water partition coefficient (Wildman–Crippen LogP) is 4.40. The molecular formula is C18H16ClF3N4. The van der Waals surface area contributed by atoms with E-state index in [4.69, 9.17) is 11.6 Å². The van der Waals surface area contributed by atoms with Gasteiger partial charge in [0.1, 0.15) is 5.84 Å². The maximum Gasteiger partial charge on any atom is 0.416 e. The lowest BCUT2D eigenvalue weighted by Crippen LogP contribution is -2.46. The van der Waals surface area contributed by atoms with E-state index in [1.54, 1.807) is 12.1 Å². The average Bonchev–Trinajstić information content (AvgIpc) is 2.77. The van der Waals surface area contributed by atoms with Crippen molar-refractivity contribution >= 4 is 34.5 Å². The molecule has 2 aromatic rings. The van der Waals surface area contributed by atoms with Crippen LogP contribution in [0, 0.1) is 0 Å². The molecule has 1 fully saturated rings. The Bertz CT molecular complexity index is 873. The van der Waals surface area contributed by atoms with E-state index >= 15 is 0 Å². The highest BCUT2D eigenvalue weighted by Crippen LogP contribution is 2.40. The quantitative estimate of drug-likeness (QED) is 0.711. The largest absolute Gasteiger partial charge is 0.416 e. The van der Waals surface area contributed by atoms with E-state index in [0.717, 1.165) is 49.6 Å². The molecule has 1 saturated heterocycles. The summed E-state index contributed by atoms with van der Waals surface area (Å²) in [6.45, 7) is 3.02. The van der Waals surface area contributed by atoms with Crippen molar-refractivity contribution in [2.24, 2.45) is 4.99 Å². The summed E-state index contributed by atoms with van der Waals surface area (Å²) in [5, 5.41) is 7.01. The monoisotopic (exact) mass is 380 g/mol. The molecule has 0 atom stereocenters. The number of benzene rings is 2. The Labute approximate surface area is 153 Å². The second-order valence-electron chi connectivity index (χ2n) is 6.22. The number of nitrogens with zero attached hydrogens (tertiary/aromatic N) is 2. The highest BCUT2D eigenvalue weighted by molar-refractivity contribution is 6.31. The molecule has 26 heavy (non-hydrogen) atoms. The van der Waals surface area contributed by atoms with Crippen molar-refractivity contribution in [1.29, 1.82) is 0 Å². The van der Waals surface area contributed by atoms with Crippen molar-refractivity contribution in [2.45, 2.75) is 6.18 Å². The first-order valence-electron chi connectivity index (χ1n) is 8.24. The van der Waals surface area contributed by atoms with E-state index in [1.807, 2.05) is 6.07 Å². The molecule has 2 aliphatic rings. The van der Waals surface area contributed by atoms with Gasteiger partial charge in [-0.3, -0.25) is 0 Å². The van der Waals surface area contributed by atoms with E-state index in [2.05, 4.69) is 20.5 Å². The molecule has 0 radical (unpaired) electrons. The second-order valence-corrected chi connectivity index (χ2v) is 6.65. The van der Waals surface area contributed by atoms with Crippen LogP contribution in [-0.2, 0) is 6.18 Å². The molecule has 4 rings (SSSR count). The fourth-order valence-electron chi connectivity index (χ4n) is 3.15. The summed E-state index contributed by atoms with van der Waals surface area (Å²) in [4.78, 5) is 6.69. The summed E-state index contributed by atoms with van der Waals surface area (Å²) in [5.74, 6) is 0.634. The van der Waals surface area contributed by atoms with Crippen LogP contribution in [0.25, 0.3) is 0 Å². The van der Waals surface area contributed by atoms with Gasteiger partial charge >= 0.3 is 6.18 Å². The predicted molar refractivity (Wildman–Crippen MR) is 96.8 cm³/mol. The molecule has 2 heterocycles. The normalized spacial score (nSPS) is 16.9. The van der Waals surface area contributed by atoms with E-state index in [1.165, 1.54) is 6.07 Å². The van der Waals surface area contributed by atoms with Crippen molar-refractivity contribution in [3.8, 4) is 0 Å². The number of anilines is 2. The van der Waals surface area contributed by atoms with Crippen molar-refractivity contribution in [2.75, 3.05) is 31.5 Å². The zero-order valence-corrected chi connectivity index (χ0v) is 14.5. The van der Waals surface area contributed by atoms with Crippen LogP contribution in [0.2, 0.25) is 5.02 Å². The van der Waals surface area contributed by atoms with E-state index in [9.17, 15) is 13.2 Å². The van der Waals surface area contributed by atoms with Crippen molar-refractivity contribution in [3.63, 3.8) is 0 Å². The summed E-state index contributed by atoms with van der Waals surface area (Å²) < 4.78 is 39.4. The summed E-state index contributed by atoms with van der Waals surface area (Å²) >= 11 is 6.17. The molecule has 0 spiro atoms. The van der Waals surface area contributed by atoms with Gasteiger partial charge in [-0.25, -0.2) is 4.99 Å². The van der Waals surface area contributed by atoms with Crippen LogP contribution < -0.4 is 10.6 Å². The standard InChI is InChI=1S/C18H16ClF3N4/c19-12-2-4-14-13(10-12)17(26-7-5-23-6-8-26)25-16-9-11(18(20,21)22)1-3-15(16)24-14/h1-4,9-10,23-24H,5-8H2. The smallest absolute Gasteiger partial charge is 0.353 e. The number of halogens is 4. The minimum atomic E-state index is -4.41. The minimum Gasteiger partial charge on any atom is -0.353 e. The maximum atomic E-state index is 13.1. The van der Waals surface area contributed by atoms with Gasteiger partial charge in [0, 0.05) is 42.5 Å². The van der Waals surface area contributed by atoms with Crippen molar-refractivity contribution in [1.82, 2.24) is 10.2 Å². The highest BCUT2D eigenvalue weighted by Gasteiger charge is 2.32. The van der Waals surface area contributed by atoms with Crippen molar-refractivity contribution < 1.29 is 13.2 Å². The molecule has 2 aromatic carbocycles. The number of aliphatic imine (C=N–C) groups is 1. The molecule has 0 amide bonds. The topological polar surface area (TPSA) is 39.7 Å². The highest BCUT2D eigenvalue weighted by atomic mass is 35.5. The Morgan fingerprint density at radius 2 is 1.73 bits per heavy atom. The van der Waals surface area contributed by atoms with Gasteiger partial charge < -0.3 is 15.5 Å². The second kappa shape index (κ2) is 6.48. The molecule has 2 aliphatic heterocycles. The molecule has 0 aromatic heterocycles. The van der Waals surface area contributed by atoms with Gasteiger partial charge in [-0.2, -0.15) is 13.2 Å². The Kier molecular flexibility index (Phi) is 4.28. The zero-order chi connectivity index (χ0) is 18.3. The van der Waals surface area contributed by atoms with Gasteiger partial charge in [0.2, 0.25) is 0 Å². The Morgan fingerprint density at radius 1 is 1.00 bits per heavy atom. The average molecular weight is 381 g/mol. The van der Waals surface area contributed by atoms with Crippen molar-refractivity contribution in [3.05, 3.63) is 52.5 Å². The summed E-state index contributed by atoms with van der Waals surface area (Å²) in [6, 6.07) is 8.92. The van der Waals surface area contributed by atoms with Crippen LogP contribution in [0.5, 0.6) is 0 Å². The van der Waals surface area contributed by atoms with Gasteiger partial charge in [-0.05, 0) is 36.4 Å². The minimum absolute atomic E-state index is 0.265. The Hall–Kier alpha value is -2.25. The van der Waals surface area contributed by atoms with E-state index < -0.39 is 11.7 Å². The van der Waals surface area contributed by atoms with Gasteiger partial charge in [0.05, 0.1) is 16.9 Å². The molecule has 8 heteroatoms. The summed E-state index contributed by atoms with van der Waals surface area (Å²) in [6.07, 6.45) is -4.41.